The average Bonchev–Trinajstić information content (AvgIpc) is 3.08. The van der Waals surface area contributed by atoms with Gasteiger partial charge in [-0.3, -0.25) is 14.4 Å². The lowest BCUT2D eigenvalue weighted by atomic mass is 9.33. The molecular weight excluding hydrogens is 642 g/mol. The number of hydrogen-bond donors (Lipinski definition) is 2. The third-order valence-electron chi connectivity index (χ3n) is 15.9. The Kier molecular flexibility index (Phi) is 9.73. The Morgan fingerprint density at radius 2 is 1.61 bits per heavy atom. The molecule has 1 aromatic rings. The number of fused-ring (bicyclic) bond motifs is 7. The zero-order valence-electron chi connectivity index (χ0n) is 32.2. The van der Waals surface area contributed by atoms with E-state index in [9.17, 15) is 24.3 Å². The normalized spacial score (nSPS) is 40.3. The Morgan fingerprint density at radius 3 is 2.27 bits per heavy atom. The molecule has 0 saturated heterocycles. The fourth-order valence-corrected chi connectivity index (χ4v) is 12.5. The molecule has 4 fully saturated rings. The molecule has 0 heterocycles. The van der Waals surface area contributed by atoms with Crippen LogP contribution in [0.3, 0.4) is 0 Å². The summed E-state index contributed by atoms with van der Waals surface area (Å²) in [6.45, 7) is 15.9. The van der Waals surface area contributed by atoms with Crippen LogP contribution in [0.4, 0.5) is 0 Å². The second-order valence-electron chi connectivity index (χ2n) is 18.8. The zero-order valence-corrected chi connectivity index (χ0v) is 32.2. The van der Waals surface area contributed by atoms with Crippen LogP contribution in [0.2, 0.25) is 0 Å². The summed E-state index contributed by atoms with van der Waals surface area (Å²) in [5.74, 6) is -0.905. The molecule has 10 atom stereocenters. The minimum absolute atomic E-state index is 0.0284. The number of carbonyl (C=O) groups excluding carboxylic acids is 4. The van der Waals surface area contributed by atoms with E-state index in [1.165, 1.54) is 12.7 Å². The number of ether oxygens (including phenoxy) is 2. The highest BCUT2D eigenvalue weighted by atomic mass is 16.5. The molecule has 2 N–H and O–H groups in total. The molecule has 0 bridgehead atoms. The molecule has 0 radical (unpaired) electrons. The van der Waals surface area contributed by atoms with Gasteiger partial charge in [-0.25, -0.2) is 4.79 Å². The number of aliphatic hydroxyl groups excluding tert-OH is 1. The van der Waals surface area contributed by atoms with Crippen molar-refractivity contribution in [3.8, 4) is 0 Å². The van der Waals surface area contributed by atoms with E-state index < -0.39 is 22.8 Å². The summed E-state index contributed by atoms with van der Waals surface area (Å²) >= 11 is 0. The molecule has 8 nitrogen and oxygen atoms in total. The molecule has 6 rings (SSSR count). The predicted octanol–water partition coefficient (Wildman–Crippen LogP) is 7.37. The zero-order chi connectivity index (χ0) is 37.2. The number of esters is 2. The number of rotatable bonds is 8. The molecule has 0 unspecified atom stereocenters. The van der Waals surface area contributed by atoms with Gasteiger partial charge in [-0.05, 0) is 115 Å². The van der Waals surface area contributed by atoms with Gasteiger partial charge < -0.3 is 19.9 Å². The van der Waals surface area contributed by atoms with Gasteiger partial charge in [-0.2, -0.15) is 0 Å². The van der Waals surface area contributed by atoms with Crippen LogP contribution in [0.5, 0.6) is 0 Å². The van der Waals surface area contributed by atoms with Crippen LogP contribution in [0.1, 0.15) is 118 Å². The molecule has 1 amide bonds. The topological polar surface area (TPSA) is 119 Å². The lowest BCUT2D eigenvalue weighted by molar-refractivity contribution is -0.195. The van der Waals surface area contributed by atoms with Gasteiger partial charge in [0.2, 0.25) is 5.91 Å². The van der Waals surface area contributed by atoms with Crippen molar-refractivity contribution in [1.82, 2.24) is 5.32 Å². The smallest absolute Gasteiger partial charge is 0.328 e. The van der Waals surface area contributed by atoms with Crippen LogP contribution in [0.15, 0.2) is 42.0 Å². The van der Waals surface area contributed by atoms with Gasteiger partial charge in [0.05, 0.1) is 12.5 Å². The second kappa shape index (κ2) is 13.1. The molecular formula is C43H61NO7. The highest BCUT2D eigenvalue weighted by molar-refractivity contribution is 5.96. The van der Waals surface area contributed by atoms with E-state index in [0.29, 0.717) is 12.8 Å². The first kappa shape index (κ1) is 37.7. The van der Waals surface area contributed by atoms with Gasteiger partial charge in [0.25, 0.3) is 0 Å². The first-order valence-electron chi connectivity index (χ1n) is 19.4. The number of benzene rings is 1. The third kappa shape index (κ3) is 5.90. The summed E-state index contributed by atoms with van der Waals surface area (Å²) in [5.41, 5.74) is 0.487. The summed E-state index contributed by atoms with van der Waals surface area (Å²) in [6.07, 6.45) is 9.82. The van der Waals surface area contributed by atoms with Crippen LogP contribution in [0, 0.1) is 56.2 Å². The highest BCUT2D eigenvalue weighted by Crippen LogP contribution is 2.75. The largest absolute Gasteiger partial charge is 0.467 e. The fourth-order valence-electron chi connectivity index (χ4n) is 12.5. The van der Waals surface area contributed by atoms with Gasteiger partial charge >= 0.3 is 11.9 Å². The van der Waals surface area contributed by atoms with Crippen molar-refractivity contribution in [2.75, 3.05) is 13.7 Å². The minimum Gasteiger partial charge on any atom is -0.467 e. The Hall–Kier alpha value is -3.00. The maximum absolute atomic E-state index is 14.9. The van der Waals surface area contributed by atoms with Crippen molar-refractivity contribution in [3.63, 3.8) is 0 Å². The summed E-state index contributed by atoms with van der Waals surface area (Å²) in [7, 11) is 1.29. The van der Waals surface area contributed by atoms with Crippen molar-refractivity contribution in [2.45, 2.75) is 125 Å². The quantitative estimate of drug-likeness (QED) is 0.272. The number of aliphatic hydroxyl groups is 1. The number of amides is 1. The number of carbonyl (C=O) groups is 4. The summed E-state index contributed by atoms with van der Waals surface area (Å²) in [5, 5.41) is 12.4. The van der Waals surface area contributed by atoms with E-state index in [-0.39, 0.29) is 82.6 Å². The summed E-state index contributed by atoms with van der Waals surface area (Å²) in [6, 6.07) is 8.95. The second-order valence-corrected chi connectivity index (χ2v) is 18.8. The van der Waals surface area contributed by atoms with Crippen molar-refractivity contribution in [3.05, 3.63) is 47.5 Å². The van der Waals surface area contributed by atoms with Crippen LogP contribution in [-0.2, 0) is 35.3 Å². The van der Waals surface area contributed by atoms with Crippen molar-refractivity contribution < 1.29 is 33.8 Å². The van der Waals surface area contributed by atoms with E-state index >= 15 is 0 Å². The predicted molar refractivity (Wildman–Crippen MR) is 195 cm³/mol. The number of hydrogen-bond acceptors (Lipinski definition) is 7. The number of allylic oxidation sites excluding steroid dienone is 2. The first-order chi connectivity index (χ1) is 23.9. The molecule has 0 aromatic heterocycles. The minimum atomic E-state index is -0.890. The van der Waals surface area contributed by atoms with Crippen LogP contribution in [-0.4, -0.2) is 48.5 Å². The van der Waals surface area contributed by atoms with Crippen molar-refractivity contribution >= 4 is 23.6 Å². The average molecular weight is 704 g/mol. The number of nitrogens with one attached hydrogen (secondary N) is 1. The van der Waals surface area contributed by atoms with Crippen LogP contribution in [0.25, 0.3) is 0 Å². The molecule has 51 heavy (non-hydrogen) atoms. The monoisotopic (exact) mass is 703 g/mol. The molecule has 5 aliphatic rings. The van der Waals surface area contributed by atoms with E-state index in [1.807, 2.05) is 36.4 Å². The lowest BCUT2D eigenvalue weighted by Crippen LogP contribution is -2.66. The Bertz CT molecular complexity index is 1590. The molecule has 0 spiro atoms. The van der Waals surface area contributed by atoms with Crippen LogP contribution >= 0.6 is 0 Å². The Morgan fingerprint density at radius 1 is 0.922 bits per heavy atom. The van der Waals surface area contributed by atoms with Gasteiger partial charge in [0.1, 0.15) is 12.6 Å². The third-order valence-corrected chi connectivity index (χ3v) is 15.9. The van der Waals surface area contributed by atoms with E-state index in [1.54, 1.807) is 0 Å². The van der Waals surface area contributed by atoms with Gasteiger partial charge in [0, 0.05) is 24.9 Å². The molecule has 0 aliphatic heterocycles. The van der Waals surface area contributed by atoms with Crippen molar-refractivity contribution in [2.24, 2.45) is 56.2 Å². The first-order valence-corrected chi connectivity index (χ1v) is 19.4. The van der Waals surface area contributed by atoms with Gasteiger partial charge in [0.15, 0.2) is 5.78 Å². The van der Waals surface area contributed by atoms with E-state index in [2.05, 4.69) is 53.8 Å². The summed E-state index contributed by atoms with van der Waals surface area (Å²) in [4.78, 5) is 54.8. The van der Waals surface area contributed by atoms with E-state index in [4.69, 9.17) is 9.47 Å². The van der Waals surface area contributed by atoms with Crippen LogP contribution < -0.4 is 5.32 Å². The number of methoxy groups -OCH3 is 1. The molecule has 5 aliphatic carbocycles. The summed E-state index contributed by atoms with van der Waals surface area (Å²) < 4.78 is 10.9. The van der Waals surface area contributed by atoms with E-state index in [0.717, 1.165) is 50.5 Å². The SMILES string of the molecule is COC(=O)[C@H](CCO)NC(=O)[C@H]1CC[C@]2(C)[C@H]3C(=O)C=C4[C@@H]5C[C@@](C)(C(=O)OCc6ccccc6)CC[C@]5(C)CC[C@@]4(C)[C@]3(C)CC[C@H]2C1(C)C. The molecule has 8 heteroatoms. The standard InChI is InChI=1S/C43H61NO7/c1-38(2)28(35(47)44-31(16-23-45)36(48)50-8)14-17-41(5)33(38)15-18-43(7)34(41)32(46)24-29-30-25-40(4,20-19-39(30,3)21-22-42(29,43)6)37(49)51-26-27-12-10-9-11-13-27/h9-13,24,28,30-31,33-34,45H,14-23,25-26H2,1-8H3,(H,44,47)/t28-,30+,31+,33+,34-,39-,40+,41+,42-,43-/m1/s1. The van der Waals surface area contributed by atoms with Gasteiger partial charge in [-0.1, -0.05) is 77.4 Å². The Labute approximate surface area is 304 Å². The fraction of sp³-hybridized carbons (Fsp3) is 0.721. The highest BCUT2D eigenvalue weighted by Gasteiger charge is 2.70. The maximum Gasteiger partial charge on any atom is 0.328 e. The maximum atomic E-state index is 14.9. The Balaban J connectivity index is 1.28. The molecule has 280 valence electrons. The number of ketones is 1. The molecule has 4 saturated carbocycles. The van der Waals surface area contributed by atoms with Crippen molar-refractivity contribution in [1.29, 1.82) is 0 Å². The van der Waals surface area contributed by atoms with Gasteiger partial charge in [-0.15, -0.1) is 0 Å². The lowest BCUT2D eigenvalue weighted by Gasteiger charge is -2.70. The molecule has 1 aromatic carbocycles.